The van der Waals surface area contributed by atoms with Crippen LogP contribution in [-0.4, -0.2) is 34.5 Å². The molecule has 1 fully saturated rings. The van der Waals surface area contributed by atoms with Gasteiger partial charge in [0, 0.05) is 23.2 Å². The third kappa shape index (κ3) is 6.27. The molecule has 0 amide bonds. The van der Waals surface area contributed by atoms with Crippen molar-refractivity contribution in [3.8, 4) is 0 Å². The number of carboxylic acids is 2. The van der Waals surface area contributed by atoms with Gasteiger partial charge in [-0.2, -0.15) is 0 Å². The molecule has 0 aromatic heterocycles. The summed E-state index contributed by atoms with van der Waals surface area (Å²) >= 11 is 0. The molecule has 0 radical (unpaired) electrons. The van der Waals surface area contributed by atoms with Crippen molar-refractivity contribution in [2.24, 2.45) is 5.41 Å². The van der Waals surface area contributed by atoms with E-state index in [1.165, 1.54) is 25.2 Å². The van der Waals surface area contributed by atoms with Crippen LogP contribution in [-0.2, 0) is 18.7 Å². The summed E-state index contributed by atoms with van der Waals surface area (Å²) in [4.78, 5) is 21.3. The third-order valence-electron chi connectivity index (χ3n) is 4.60. The smallest absolute Gasteiger partial charge is 0.331 e. The first-order valence-corrected chi connectivity index (χ1v) is 10.9. The monoisotopic (exact) mass is 410 g/mol. The van der Waals surface area contributed by atoms with Crippen LogP contribution in [0.2, 0.25) is 0 Å². The second kappa shape index (κ2) is 10.3. The van der Waals surface area contributed by atoms with Crippen LogP contribution in [0.25, 0.3) is 0 Å². The Morgan fingerprint density at radius 1 is 1.07 bits per heavy atom. The zero-order valence-corrected chi connectivity index (χ0v) is 17.0. The van der Waals surface area contributed by atoms with Gasteiger partial charge in [0.2, 0.25) is 0 Å². The largest absolute Gasteiger partial charge is 0.481 e. The van der Waals surface area contributed by atoms with E-state index in [1.807, 2.05) is 30.3 Å². The van der Waals surface area contributed by atoms with Gasteiger partial charge in [-0.15, -0.1) is 0 Å². The second-order valence-electron chi connectivity index (χ2n) is 6.63. The molecule has 1 aromatic carbocycles. The first-order valence-electron chi connectivity index (χ1n) is 8.46. The summed E-state index contributed by atoms with van der Waals surface area (Å²) in [6, 6.07) is 9.95. The predicted molar refractivity (Wildman–Crippen MR) is 107 cm³/mol. The van der Waals surface area contributed by atoms with Gasteiger partial charge in [-0.3, -0.25) is 9.36 Å². The zero-order chi connectivity index (χ0) is 20.5. The minimum absolute atomic E-state index is 0.0359. The molecule has 1 aromatic rings. The van der Waals surface area contributed by atoms with E-state index < -0.39 is 24.5 Å². The van der Waals surface area contributed by atoms with E-state index in [0.717, 1.165) is 30.5 Å². The van der Waals surface area contributed by atoms with Crippen LogP contribution in [0.3, 0.4) is 0 Å². The maximum atomic E-state index is 12.2. The Morgan fingerprint density at radius 2 is 1.63 bits per heavy atom. The minimum atomic E-state index is -1.92. The number of carbonyl (C=O) groups is 2. The normalized spacial score (nSPS) is 22.3. The van der Waals surface area contributed by atoms with Gasteiger partial charge >= 0.3 is 11.9 Å². The van der Waals surface area contributed by atoms with Crippen LogP contribution in [0, 0.1) is 5.41 Å². The van der Waals surface area contributed by atoms with E-state index in [9.17, 15) is 14.2 Å². The average Bonchev–Trinajstić information content (AvgIpc) is 3.12. The van der Waals surface area contributed by atoms with E-state index in [4.69, 9.17) is 14.8 Å². The van der Waals surface area contributed by atoms with Gasteiger partial charge in [0.05, 0.1) is 5.41 Å². The zero-order valence-electron chi connectivity index (χ0n) is 15.1. The molecule has 2 aliphatic rings. The van der Waals surface area contributed by atoms with Crippen molar-refractivity contribution >= 4 is 33.5 Å². The Balaban J connectivity index is 0.000000248. The molecule has 3 rings (SSSR count). The fourth-order valence-corrected chi connectivity index (χ4v) is 5.91. The van der Waals surface area contributed by atoms with E-state index in [1.54, 1.807) is 9.12 Å². The Labute approximate surface area is 161 Å². The third-order valence-corrected chi connectivity index (χ3v) is 7.91. The van der Waals surface area contributed by atoms with Gasteiger partial charge in [-0.1, -0.05) is 48.6 Å². The van der Waals surface area contributed by atoms with Crippen LogP contribution in [0.4, 0.5) is 0 Å². The summed E-state index contributed by atoms with van der Waals surface area (Å²) in [6.07, 6.45) is 8.58. The van der Waals surface area contributed by atoms with Gasteiger partial charge in [0.25, 0.3) is 0 Å². The number of rotatable bonds is 3. The quantitative estimate of drug-likeness (QED) is 0.730. The second-order valence-corrected chi connectivity index (χ2v) is 9.82. The SMILES string of the molecule is CC1(C(=O)O)C=CC=C(C(=O)O)C1.O=P.O=P1(c2ccccc2)CCCC1. The molecule has 6 nitrogen and oxygen atoms in total. The van der Waals surface area contributed by atoms with Crippen molar-refractivity contribution in [2.75, 3.05) is 12.3 Å². The van der Waals surface area contributed by atoms with Gasteiger partial charge in [0.15, 0.2) is 0 Å². The molecular weight excluding hydrogens is 386 g/mol. The molecule has 0 bridgehead atoms. The van der Waals surface area contributed by atoms with Gasteiger partial charge in [-0.05, 0) is 26.2 Å². The maximum absolute atomic E-state index is 12.2. The summed E-state index contributed by atoms with van der Waals surface area (Å²) in [6.45, 7) is 1.50. The number of hydrogen-bond acceptors (Lipinski definition) is 4. The van der Waals surface area contributed by atoms with E-state index in [-0.39, 0.29) is 12.0 Å². The van der Waals surface area contributed by atoms with E-state index in [0.29, 0.717) is 0 Å². The van der Waals surface area contributed by atoms with Crippen LogP contribution >= 0.6 is 16.3 Å². The summed E-state index contributed by atoms with van der Waals surface area (Å²) in [7, 11) is -0.200. The van der Waals surface area contributed by atoms with Crippen molar-refractivity contribution in [3.05, 3.63) is 54.1 Å². The summed E-state index contributed by atoms with van der Waals surface area (Å²) < 4.78 is 20.3. The standard InChI is InChI=1S/C10H13OP.C9H10O4.HOP/c11-12(8-4-5-9-12)10-6-2-1-3-7-10;1-9(8(12)13)4-2-3-6(5-9)7(10)11;1-2/h1-3,6-7H,4-5,8-9H2;2-4H,5H2,1H3,(H,10,11)(H,12,13);2H. The average molecular weight is 410 g/mol. The van der Waals surface area contributed by atoms with E-state index in [2.05, 4.69) is 0 Å². The predicted octanol–water partition coefficient (Wildman–Crippen LogP) is 3.99. The van der Waals surface area contributed by atoms with Crippen LogP contribution in [0.1, 0.15) is 26.2 Å². The van der Waals surface area contributed by atoms with Crippen LogP contribution in [0.5, 0.6) is 0 Å². The molecule has 1 unspecified atom stereocenters. The fourth-order valence-electron chi connectivity index (χ4n) is 2.99. The fraction of sp³-hybridized carbons (Fsp3) is 0.368. The summed E-state index contributed by atoms with van der Waals surface area (Å²) in [5, 5.41) is 18.6. The van der Waals surface area contributed by atoms with Gasteiger partial charge in [0.1, 0.15) is 16.3 Å². The molecule has 8 heteroatoms. The number of allylic oxidation sites excluding steroid dienone is 2. The molecule has 27 heavy (non-hydrogen) atoms. The lowest BCUT2D eigenvalue weighted by molar-refractivity contribution is -0.145. The Hall–Kier alpha value is -2.03. The number of hydrogen-bond donors (Lipinski definition) is 2. The Bertz CT molecular complexity index is 762. The van der Waals surface area contributed by atoms with Crippen LogP contribution < -0.4 is 5.30 Å². The van der Waals surface area contributed by atoms with Crippen molar-refractivity contribution < 1.29 is 28.9 Å². The lowest BCUT2D eigenvalue weighted by atomic mass is 9.80. The molecule has 1 heterocycles. The van der Waals surface area contributed by atoms with Gasteiger partial charge < -0.3 is 14.8 Å². The van der Waals surface area contributed by atoms with E-state index >= 15 is 0 Å². The highest BCUT2D eigenvalue weighted by molar-refractivity contribution is 7.71. The molecular formula is C19H24O6P2. The van der Waals surface area contributed by atoms with Gasteiger partial charge in [-0.25, -0.2) is 4.79 Å². The topological polar surface area (TPSA) is 109 Å². The van der Waals surface area contributed by atoms with Crippen LogP contribution in [0.15, 0.2) is 54.1 Å². The lowest BCUT2D eigenvalue weighted by Gasteiger charge is -2.23. The molecule has 2 N–H and O–H groups in total. The first-order chi connectivity index (χ1) is 12.8. The lowest BCUT2D eigenvalue weighted by Crippen LogP contribution is -2.28. The molecule has 0 spiro atoms. The highest BCUT2D eigenvalue weighted by atomic mass is 31.2. The number of aliphatic carboxylic acids is 2. The summed E-state index contributed by atoms with van der Waals surface area (Å²) in [5.41, 5.74) is -0.949. The van der Waals surface area contributed by atoms with Crippen molar-refractivity contribution in [2.45, 2.75) is 26.2 Å². The molecule has 1 saturated heterocycles. The van der Waals surface area contributed by atoms with Crippen molar-refractivity contribution in [1.29, 1.82) is 0 Å². The minimum Gasteiger partial charge on any atom is -0.481 e. The van der Waals surface area contributed by atoms with Crippen molar-refractivity contribution in [1.82, 2.24) is 0 Å². The molecule has 146 valence electrons. The maximum Gasteiger partial charge on any atom is 0.331 e. The highest BCUT2D eigenvalue weighted by Crippen LogP contribution is 2.50. The molecule has 1 aliphatic carbocycles. The van der Waals surface area contributed by atoms with Crippen molar-refractivity contribution in [3.63, 3.8) is 0 Å². The summed E-state index contributed by atoms with van der Waals surface area (Å²) in [5.74, 6) is -2.06. The Kier molecular flexibility index (Phi) is 8.81. The molecule has 0 saturated carbocycles. The highest BCUT2D eigenvalue weighted by Gasteiger charge is 2.34. The number of carboxylic acid groups (broad SMARTS) is 2. The first kappa shape index (κ1) is 23.0. The Morgan fingerprint density at radius 3 is 2.11 bits per heavy atom. The molecule has 1 atom stereocenters. The molecule has 1 aliphatic heterocycles. The number of benzene rings is 1.